The van der Waals surface area contributed by atoms with Crippen molar-refractivity contribution >= 4 is 6.09 Å². The average molecular weight is 426 g/mol. The van der Waals surface area contributed by atoms with Crippen LogP contribution in [0.4, 0.5) is 26.7 Å². The van der Waals surface area contributed by atoms with E-state index in [9.17, 15) is 26.7 Å². The summed E-state index contributed by atoms with van der Waals surface area (Å²) in [4.78, 5) is 17.4. The van der Waals surface area contributed by atoms with E-state index < -0.39 is 41.1 Å². The molecule has 0 bridgehead atoms. The summed E-state index contributed by atoms with van der Waals surface area (Å²) in [6.45, 7) is 0.848. The number of carbonyl (C=O) groups is 1. The molecule has 2 aromatic rings. The number of halogens is 5. The van der Waals surface area contributed by atoms with Gasteiger partial charge in [-0.2, -0.15) is 8.78 Å². The van der Waals surface area contributed by atoms with Crippen molar-refractivity contribution in [3.05, 3.63) is 53.1 Å². The van der Waals surface area contributed by atoms with Crippen molar-refractivity contribution in [2.24, 2.45) is 0 Å². The summed E-state index contributed by atoms with van der Waals surface area (Å²) < 4.78 is 73.4. The molecule has 2 fully saturated rings. The van der Waals surface area contributed by atoms with Crippen LogP contribution < -0.4 is 0 Å². The van der Waals surface area contributed by atoms with E-state index in [0.717, 1.165) is 37.6 Å². The van der Waals surface area contributed by atoms with Crippen LogP contribution in [0.1, 0.15) is 49.4 Å². The molecule has 4 nitrogen and oxygen atoms in total. The maximum absolute atomic E-state index is 14.1. The van der Waals surface area contributed by atoms with E-state index in [1.807, 2.05) is 0 Å². The molecule has 1 saturated heterocycles. The summed E-state index contributed by atoms with van der Waals surface area (Å²) in [5.74, 6) is -4.33. The summed E-state index contributed by atoms with van der Waals surface area (Å²) in [5.41, 5.74) is -1.27. The number of hydrogen-bond acceptors (Lipinski definition) is 3. The monoisotopic (exact) mass is 426 g/mol. The molecule has 9 heteroatoms. The molecule has 30 heavy (non-hydrogen) atoms. The Labute approximate surface area is 169 Å². The van der Waals surface area contributed by atoms with Crippen LogP contribution in [-0.4, -0.2) is 28.1 Å². The van der Waals surface area contributed by atoms with Gasteiger partial charge in [-0.3, -0.25) is 9.88 Å². The second-order valence-electron chi connectivity index (χ2n) is 7.92. The van der Waals surface area contributed by atoms with Crippen molar-refractivity contribution in [3.8, 4) is 11.1 Å². The van der Waals surface area contributed by atoms with Crippen LogP contribution >= 0.6 is 0 Å². The SMILES string of the molecule is CC(F)(F)c1ncc(-c2ccc(F)c(C(F)F)c2)cc1CN1CC2(CCC2)OC1=O. The highest BCUT2D eigenvalue weighted by Gasteiger charge is 2.49. The Morgan fingerprint density at radius 3 is 2.53 bits per heavy atom. The fourth-order valence-electron chi connectivity index (χ4n) is 3.93. The third kappa shape index (κ3) is 3.73. The first-order valence-corrected chi connectivity index (χ1v) is 9.51. The minimum atomic E-state index is -3.28. The summed E-state index contributed by atoms with van der Waals surface area (Å²) >= 11 is 0. The Morgan fingerprint density at radius 1 is 1.23 bits per heavy atom. The van der Waals surface area contributed by atoms with E-state index in [-0.39, 0.29) is 23.2 Å². The first kappa shape index (κ1) is 20.6. The third-order valence-electron chi connectivity index (χ3n) is 5.61. The second-order valence-corrected chi connectivity index (χ2v) is 7.92. The number of hydrogen-bond donors (Lipinski definition) is 0. The van der Waals surface area contributed by atoms with Gasteiger partial charge in [0, 0.05) is 18.7 Å². The standard InChI is InChI=1S/C21H19F5N2O2/c1-20(25,26)17-14(10-28-11-21(5-2-6-21)30-19(28)29)7-13(9-27-17)12-3-4-16(22)15(8-12)18(23)24/h3-4,7-9,18H,2,5-6,10-11H2,1H3. The molecule has 0 atom stereocenters. The zero-order valence-electron chi connectivity index (χ0n) is 16.1. The number of nitrogens with zero attached hydrogens (tertiary/aromatic N) is 2. The lowest BCUT2D eigenvalue weighted by atomic mass is 9.80. The summed E-state index contributed by atoms with van der Waals surface area (Å²) in [6, 6.07) is 4.52. The molecule has 1 aromatic carbocycles. The van der Waals surface area contributed by atoms with Gasteiger partial charge in [-0.05, 0) is 48.6 Å². The van der Waals surface area contributed by atoms with Gasteiger partial charge in [0.2, 0.25) is 0 Å². The van der Waals surface area contributed by atoms with Gasteiger partial charge in [0.15, 0.2) is 0 Å². The van der Waals surface area contributed by atoms with Crippen LogP contribution in [-0.2, 0) is 17.2 Å². The highest BCUT2D eigenvalue weighted by atomic mass is 19.3. The van der Waals surface area contributed by atoms with Crippen molar-refractivity contribution in [3.63, 3.8) is 0 Å². The molecule has 1 spiro atoms. The van der Waals surface area contributed by atoms with E-state index >= 15 is 0 Å². The molecule has 160 valence electrons. The van der Waals surface area contributed by atoms with Crippen molar-refractivity contribution in [1.29, 1.82) is 0 Å². The Balaban J connectivity index is 1.70. The molecule has 1 saturated carbocycles. The first-order chi connectivity index (χ1) is 14.1. The zero-order valence-corrected chi connectivity index (χ0v) is 16.1. The molecule has 0 unspecified atom stereocenters. The van der Waals surface area contributed by atoms with Gasteiger partial charge < -0.3 is 4.74 Å². The maximum Gasteiger partial charge on any atom is 0.410 e. The minimum Gasteiger partial charge on any atom is -0.441 e. The summed E-state index contributed by atoms with van der Waals surface area (Å²) in [7, 11) is 0. The largest absolute Gasteiger partial charge is 0.441 e. The fourth-order valence-corrected chi connectivity index (χ4v) is 3.93. The molecule has 1 aliphatic heterocycles. The van der Waals surface area contributed by atoms with Crippen LogP contribution in [0, 0.1) is 5.82 Å². The van der Waals surface area contributed by atoms with Crippen molar-refractivity contribution in [2.45, 2.75) is 50.7 Å². The van der Waals surface area contributed by atoms with Crippen molar-refractivity contribution in [2.75, 3.05) is 6.54 Å². The fraction of sp³-hybridized carbons (Fsp3) is 0.429. The van der Waals surface area contributed by atoms with Crippen LogP contribution in [0.5, 0.6) is 0 Å². The van der Waals surface area contributed by atoms with Crippen LogP contribution in [0.2, 0.25) is 0 Å². The summed E-state index contributed by atoms with van der Waals surface area (Å²) in [6.07, 6.45) is -0.0592. The molecule has 1 amide bonds. The number of ether oxygens (including phenoxy) is 1. The van der Waals surface area contributed by atoms with E-state index in [2.05, 4.69) is 4.98 Å². The Kier molecular flexibility index (Phi) is 4.94. The zero-order chi connectivity index (χ0) is 21.7. The molecule has 2 aliphatic rings. The lowest BCUT2D eigenvalue weighted by Gasteiger charge is -2.35. The molecule has 0 N–H and O–H groups in total. The third-order valence-corrected chi connectivity index (χ3v) is 5.61. The number of carbonyl (C=O) groups excluding carboxylic acids is 1. The second kappa shape index (κ2) is 7.21. The van der Waals surface area contributed by atoms with Gasteiger partial charge in [-0.1, -0.05) is 6.07 Å². The molecule has 4 rings (SSSR count). The average Bonchev–Trinajstić information content (AvgIpc) is 2.98. The first-order valence-electron chi connectivity index (χ1n) is 9.51. The number of amides is 1. The van der Waals surface area contributed by atoms with Gasteiger partial charge in [-0.25, -0.2) is 18.0 Å². The van der Waals surface area contributed by atoms with E-state index in [0.29, 0.717) is 13.5 Å². The molecule has 2 heterocycles. The Bertz CT molecular complexity index is 986. The highest BCUT2D eigenvalue weighted by molar-refractivity contribution is 5.71. The topological polar surface area (TPSA) is 42.4 Å². The van der Waals surface area contributed by atoms with Crippen LogP contribution in [0.25, 0.3) is 11.1 Å². The van der Waals surface area contributed by atoms with Gasteiger partial charge >= 0.3 is 6.09 Å². The van der Waals surface area contributed by atoms with Gasteiger partial charge in [0.25, 0.3) is 12.3 Å². The predicted molar refractivity (Wildman–Crippen MR) is 97.6 cm³/mol. The number of alkyl halides is 4. The van der Waals surface area contributed by atoms with E-state index in [4.69, 9.17) is 4.74 Å². The Morgan fingerprint density at radius 2 is 1.97 bits per heavy atom. The number of benzene rings is 1. The quantitative estimate of drug-likeness (QED) is 0.567. The van der Waals surface area contributed by atoms with Gasteiger partial charge in [0.1, 0.15) is 17.1 Å². The lowest BCUT2D eigenvalue weighted by Crippen LogP contribution is -2.41. The summed E-state index contributed by atoms with van der Waals surface area (Å²) in [5, 5.41) is 0. The Hall–Kier alpha value is -2.71. The maximum atomic E-state index is 14.1. The number of pyridine rings is 1. The minimum absolute atomic E-state index is 0.0799. The number of aromatic nitrogens is 1. The molecule has 1 aliphatic carbocycles. The van der Waals surface area contributed by atoms with E-state index in [1.165, 1.54) is 17.0 Å². The van der Waals surface area contributed by atoms with Crippen LogP contribution in [0.3, 0.4) is 0 Å². The smallest absolute Gasteiger partial charge is 0.410 e. The van der Waals surface area contributed by atoms with E-state index in [1.54, 1.807) is 0 Å². The predicted octanol–water partition coefficient (Wildman–Crippen LogP) is 5.81. The molecule has 1 aromatic heterocycles. The highest BCUT2D eigenvalue weighted by Crippen LogP contribution is 2.42. The van der Waals surface area contributed by atoms with Gasteiger partial charge in [0.05, 0.1) is 18.7 Å². The van der Waals surface area contributed by atoms with Crippen molar-refractivity contribution < 1.29 is 31.5 Å². The molecular formula is C21H19F5N2O2. The van der Waals surface area contributed by atoms with Gasteiger partial charge in [-0.15, -0.1) is 0 Å². The normalized spacial score (nSPS) is 18.1. The number of rotatable bonds is 5. The molecule has 0 radical (unpaired) electrons. The molecular weight excluding hydrogens is 407 g/mol. The van der Waals surface area contributed by atoms with Crippen molar-refractivity contribution in [1.82, 2.24) is 9.88 Å². The lowest BCUT2D eigenvalue weighted by molar-refractivity contribution is -0.00690. The van der Waals surface area contributed by atoms with Crippen LogP contribution in [0.15, 0.2) is 30.5 Å².